The van der Waals surface area contributed by atoms with Crippen molar-refractivity contribution in [2.45, 2.75) is 32.2 Å². The molecule has 2 aromatic heterocycles. The molecule has 1 aromatic carbocycles. The van der Waals surface area contributed by atoms with Gasteiger partial charge < -0.3 is 15.4 Å². The van der Waals surface area contributed by atoms with Gasteiger partial charge in [0, 0.05) is 13.1 Å². The van der Waals surface area contributed by atoms with Gasteiger partial charge in [0.1, 0.15) is 23.2 Å². The van der Waals surface area contributed by atoms with E-state index in [1.54, 1.807) is 6.07 Å². The van der Waals surface area contributed by atoms with Gasteiger partial charge in [-0.15, -0.1) is 0 Å². The number of nitrogens with zero attached hydrogens (tertiary/aromatic N) is 3. The van der Waals surface area contributed by atoms with Crippen LogP contribution in [-0.4, -0.2) is 45.7 Å². The van der Waals surface area contributed by atoms with Crippen LogP contribution in [0.5, 0.6) is 0 Å². The molecule has 0 bridgehead atoms. The van der Waals surface area contributed by atoms with Crippen LogP contribution in [0.25, 0.3) is 11.0 Å². The summed E-state index contributed by atoms with van der Waals surface area (Å²) in [5, 5.41) is 13.2. The average molecular weight is 475 g/mol. The largest absolute Gasteiger partial charge is 0.469 e. The lowest BCUT2D eigenvalue weighted by atomic mass is 9.82. The van der Waals surface area contributed by atoms with E-state index in [0.717, 1.165) is 25.7 Å². The number of H-pyrrole nitrogens is 1. The summed E-state index contributed by atoms with van der Waals surface area (Å²) in [5.74, 6) is -0.133. The van der Waals surface area contributed by atoms with E-state index in [-0.39, 0.29) is 29.1 Å². The van der Waals surface area contributed by atoms with Crippen LogP contribution < -0.4 is 10.6 Å². The van der Waals surface area contributed by atoms with Crippen LogP contribution in [0.3, 0.4) is 0 Å². The van der Waals surface area contributed by atoms with E-state index >= 15 is 0 Å². The highest BCUT2D eigenvalue weighted by molar-refractivity contribution is 6.30. The highest BCUT2D eigenvalue weighted by Crippen LogP contribution is 2.30. The summed E-state index contributed by atoms with van der Waals surface area (Å²) in [7, 11) is 1.42. The Labute approximate surface area is 194 Å². The van der Waals surface area contributed by atoms with E-state index in [1.807, 2.05) is 0 Å². The Balaban J connectivity index is 1.37. The van der Waals surface area contributed by atoms with Crippen LogP contribution in [0.4, 0.5) is 10.2 Å². The van der Waals surface area contributed by atoms with Crippen molar-refractivity contribution in [3.8, 4) is 0 Å². The Morgan fingerprint density at radius 2 is 2.03 bits per heavy atom. The number of carbonyl (C=O) groups excluding carboxylic acids is 2. The van der Waals surface area contributed by atoms with Gasteiger partial charge in [-0.25, -0.2) is 14.4 Å². The molecular formula is C22H24ClFN6O3. The number of carbonyl (C=O) groups is 2. The quantitative estimate of drug-likeness (QED) is 0.448. The van der Waals surface area contributed by atoms with Crippen molar-refractivity contribution in [3.63, 3.8) is 0 Å². The SMILES string of the molecule is COC(=O)[C@H]1CC[C@H](CNc2n[nH]c3c(C(=O)NCc4ccc(F)c(Cl)c4)ncnc23)CC1. The summed E-state index contributed by atoms with van der Waals surface area (Å²) in [6.45, 7) is 0.850. The second-order valence-corrected chi connectivity index (χ2v) is 8.48. The van der Waals surface area contributed by atoms with Gasteiger partial charge in [-0.2, -0.15) is 5.10 Å². The fourth-order valence-electron chi connectivity index (χ4n) is 4.06. The number of halogens is 2. The first-order valence-electron chi connectivity index (χ1n) is 10.7. The Morgan fingerprint density at radius 1 is 1.24 bits per heavy atom. The van der Waals surface area contributed by atoms with Crippen molar-refractivity contribution >= 4 is 40.3 Å². The van der Waals surface area contributed by atoms with Crippen LogP contribution in [0.1, 0.15) is 41.7 Å². The Morgan fingerprint density at radius 3 is 2.76 bits per heavy atom. The minimum Gasteiger partial charge on any atom is -0.469 e. The van der Waals surface area contributed by atoms with Crippen molar-refractivity contribution in [2.75, 3.05) is 19.0 Å². The maximum Gasteiger partial charge on any atom is 0.308 e. The number of nitrogens with one attached hydrogen (secondary N) is 3. The maximum absolute atomic E-state index is 13.3. The summed E-state index contributed by atoms with van der Waals surface area (Å²) in [4.78, 5) is 32.7. The molecule has 4 rings (SSSR count). The number of amides is 1. The van der Waals surface area contributed by atoms with Crippen molar-refractivity contribution in [1.29, 1.82) is 0 Å². The van der Waals surface area contributed by atoms with Crippen molar-refractivity contribution in [1.82, 2.24) is 25.5 Å². The smallest absolute Gasteiger partial charge is 0.308 e. The standard InChI is InChI=1S/C22H24ClFN6O3/c1-33-22(32)14-5-2-12(3-6-14)9-25-20-18-17(29-30-20)19(28-11-27-18)21(31)26-10-13-4-7-16(24)15(23)8-13/h4,7-8,11-12,14H,2-3,5-6,9-10H2,1H3,(H,26,31)(H2,25,29,30)/t12-,14-. The number of aromatic amines is 1. The number of methoxy groups -OCH3 is 1. The lowest BCUT2D eigenvalue weighted by Crippen LogP contribution is -2.26. The summed E-state index contributed by atoms with van der Waals surface area (Å²) < 4.78 is 18.2. The molecule has 1 aliphatic carbocycles. The van der Waals surface area contributed by atoms with E-state index in [4.69, 9.17) is 16.3 Å². The van der Waals surface area contributed by atoms with Gasteiger partial charge in [-0.05, 0) is 49.3 Å². The van der Waals surface area contributed by atoms with Gasteiger partial charge in [0.2, 0.25) is 0 Å². The molecule has 0 unspecified atom stereocenters. The van der Waals surface area contributed by atoms with Crippen LogP contribution >= 0.6 is 11.6 Å². The molecule has 3 N–H and O–H groups in total. The van der Waals surface area contributed by atoms with Gasteiger partial charge in [0.25, 0.3) is 5.91 Å². The van der Waals surface area contributed by atoms with Crippen LogP contribution in [0.15, 0.2) is 24.5 Å². The summed E-state index contributed by atoms with van der Waals surface area (Å²) in [6.07, 6.45) is 4.78. The zero-order chi connectivity index (χ0) is 23.4. The third-order valence-corrected chi connectivity index (χ3v) is 6.23. The van der Waals surface area contributed by atoms with Gasteiger partial charge in [0.15, 0.2) is 11.5 Å². The molecule has 0 atom stereocenters. The predicted molar refractivity (Wildman–Crippen MR) is 120 cm³/mol. The van der Waals surface area contributed by atoms with E-state index < -0.39 is 11.7 Å². The highest BCUT2D eigenvalue weighted by atomic mass is 35.5. The second-order valence-electron chi connectivity index (χ2n) is 8.07. The van der Waals surface area contributed by atoms with E-state index in [2.05, 4.69) is 30.8 Å². The normalized spacial score (nSPS) is 18.2. The minimum absolute atomic E-state index is 0.00533. The van der Waals surface area contributed by atoms with Crippen LogP contribution in [0.2, 0.25) is 5.02 Å². The Hall–Kier alpha value is -3.27. The van der Waals surface area contributed by atoms with Gasteiger partial charge in [-0.1, -0.05) is 17.7 Å². The molecule has 0 spiro atoms. The Bertz CT molecular complexity index is 1160. The number of hydrogen-bond donors (Lipinski definition) is 3. The van der Waals surface area contributed by atoms with E-state index in [0.29, 0.717) is 34.9 Å². The second kappa shape index (κ2) is 10.1. The monoisotopic (exact) mass is 474 g/mol. The third kappa shape index (κ3) is 5.22. The number of hydrogen-bond acceptors (Lipinski definition) is 7. The van der Waals surface area contributed by atoms with Gasteiger partial charge in [-0.3, -0.25) is 14.7 Å². The molecule has 33 heavy (non-hydrogen) atoms. The molecule has 1 amide bonds. The van der Waals surface area contributed by atoms with E-state index in [9.17, 15) is 14.0 Å². The maximum atomic E-state index is 13.3. The lowest BCUT2D eigenvalue weighted by Gasteiger charge is -2.26. The summed E-state index contributed by atoms with van der Waals surface area (Å²) in [5.41, 5.74) is 1.76. The van der Waals surface area contributed by atoms with E-state index in [1.165, 1.54) is 25.6 Å². The first-order valence-corrected chi connectivity index (χ1v) is 11.1. The molecule has 1 aliphatic rings. The average Bonchev–Trinajstić information content (AvgIpc) is 3.26. The molecule has 0 aliphatic heterocycles. The molecule has 0 radical (unpaired) electrons. The zero-order valence-corrected chi connectivity index (χ0v) is 18.8. The number of benzene rings is 1. The number of esters is 1. The molecule has 2 heterocycles. The highest BCUT2D eigenvalue weighted by Gasteiger charge is 2.27. The zero-order valence-electron chi connectivity index (χ0n) is 18.0. The minimum atomic E-state index is -0.516. The van der Waals surface area contributed by atoms with Crippen molar-refractivity contribution in [2.24, 2.45) is 11.8 Å². The van der Waals surface area contributed by atoms with Crippen molar-refractivity contribution in [3.05, 3.63) is 46.6 Å². The predicted octanol–water partition coefficient (Wildman–Crippen LogP) is 3.47. The molecule has 9 nitrogen and oxygen atoms in total. The summed E-state index contributed by atoms with van der Waals surface area (Å²) >= 11 is 5.79. The number of aromatic nitrogens is 4. The number of anilines is 1. The topological polar surface area (TPSA) is 122 Å². The third-order valence-electron chi connectivity index (χ3n) is 5.94. The first-order chi connectivity index (χ1) is 16.0. The molecule has 1 saturated carbocycles. The molecule has 174 valence electrons. The van der Waals surface area contributed by atoms with Gasteiger partial charge in [0.05, 0.1) is 18.1 Å². The first kappa shape index (κ1) is 22.9. The fraction of sp³-hybridized carbons (Fsp3) is 0.409. The van der Waals surface area contributed by atoms with Crippen molar-refractivity contribution < 1.29 is 18.7 Å². The molecule has 1 fully saturated rings. The molecule has 0 saturated heterocycles. The fourth-order valence-corrected chi connectivity index (χ4v) is 4.26. The van der Waals surface area contributed by atoms with Crippen LogP contribution in [-0.2, 0) is 16.1 Å². The number of ether oxygens (including phenoxy) is 1. The summed E-state index contributed by atoms with van der Waals surface area (Å²) in [6, 6.07) is 4.26. The Kier molecular flexibility index (Phi) is 7.02. The molecular weight excluding hydrogens is 451 g/mol. The molecule has 3 aromatic rings. The van der Waals surface area contributed by atoms with Gasteiger partial charge >= 0.3 is 5.97 Å². The lowest BCUT2D eigenvalue weighted by molar-refractivity contribution is -0.146. The number of rotatable bonds is 7. The number of fused-ring (bicyclic) bond motifs is 1. The van der Waals surface area contributed by atoms with Crippen LogP contribution in [0, 0.1) is 17.7 Å². The molecule has 11 heteroatoms.